The first-order chi connectivity index (χ1) is 14.1. The Morgan fingerprint density at radius 3 is 2.86 bits per heavy atom. The van der Waals surface area contributed by atoms with E-state index < -0.39 is 0 Å². The van der Waals surface area contributed by atoms with Crippen LogP contribution in [0, 0.1) is 5.82 Å². The normalized spacial score (nSPS) is 16.1. The van der Waals surface area contributed by atoms with Crippen LogP contribution >= 0.6 is 0 Å². The Kier molecular flexibility index (Phi) is 5.46. The standard InChI is InChI=1S/C22H23FN4O2/c1-2-29-20-6-4-3-5-18(20)22(28)24-17-11-12-27(14-17)21-13-19(25-26-21)15-7-9-16(23)10-8-15/h3-10,13,17H,2,11-12,14H2,1H3,(H,24,28)(H,25,26). The van der Waals surface area contributed by atoms with Crippen LogP contribution in [0.25, 0.3) is 11.3 Å². The number of carbonyl (C=O) groups is 1. The van der Waals surface area contributed by atoms with E-state index in [1.807, 2.05) is 25.1 Å². The number of hydrogen-bond donors (Lipinski definition) is 2. The van der Waals surface area contributed by atoms with Gasteiger partial charge in [0.05, 0.1) is 17.9 Å². The molecule has 7 heteroatoms. The number of nitrogens with zero attached hydrogens (tertiary/aromatic N) is 2. The van der Waals surface area contributed by atoms with Gasteiger partial charge in [0.25, 0.3) is 5.91 Å². The molecule has 4 rings (SSSR count). The van der Waals surface area contributed by atoms with Crippen LogP contribution in [0.15, 0.2) is 54.6 Å². The minimum atomic E-state index is -0.266. The molecule has 0 radical (unpaired) electrons. The molecule has 1 aliphatic rings. The van der Waals surface area contributed by atoms with Crippen LogP contribution < -0.4 is 15.0 Å². The molecule has 1 aliphatic heterocycles. The second kappa shape index (κ2) is 8.34. The molecule has 0 aliphatic carbocycles. The van der Waals surface area contributed by atoms with Crippen molar-refractivity contribution in [2.24, 2.45) is 0 Å². The summed E-state index contributed by atoms with van der Waals surface area (Å²) in [5, 5.41) is 10.5. The van der Waals surface area contributed by atoms with Gasteiger partial charge in [-0.25, -0.2) is 4.39 Å². The molecule has 1 aromatic heterocycles. The average molecular weight is 394 g/mol. The van der Waals surface area contributed by atoms with Crippen molar-refractivity contribution in [2.75, 3.05) is 24.6 Å². The summed E-state index contributed by atoms with van der Waals surface area (Å²) in [5.74, 6) is 1.02. The monoisotopic (exact) mass is 394 g/mol. The zero-order chi connectivity index (χ0) is 20.2. The Morgan fingerprint density at radius 1 is 1.28 bits per heavy atom. The molecule has 0 spiro atoms. The number of ether oxygens (including phenoxy) is 1. The lowest BCUT2D eigenvalue weighted by atomic mass is 10.1. The van der Waals surface area contributed by atoms with Gasteiger partial charge in [-0.15, -0.1) is 0 Å². The number of hydrogen-bond acceptors (Lipinski definition) is 4. The van der Waals surface area contributed by atoms with E-state index in [1.165, 1.54) is 12.1 Å². The summed E-state index contributed by atoms with van der Waals surface area (Å²) >= 11 is 0. The molecule has 1 saturated heterocycles. The minimum absolute atomic E-state index is 0.0307. The fraction of sp³-hybridized carbons (Fsp3) is 0.273. The Morgan fingerprint density at radius 2 is 2.07 bits per heavy atom. The topological polar surface area (TPSA) is 70.2 Å². The SMILES string of the molecule is CCOc1ccccc1C(=O)NC1CCN(c2cc(-c3ccc(F)cc3)[nH]n2)C1. The number of benzene rings is 2. The lowest BCUT2D eigenvalue weighted by molar-refractivity contribution is 0.0936. The second-order valence-electron chi connectivity index (χ2n) is 6.98. The maximum Gasteiger partial charge on any atom is 0.255 e. The predicted octanol–water partition coefficient (Wildman–Crippen LogP) is 3.62. The van der Waals surface area contributed by atoms with Gasteiger partial charge in [0.15, 0.2) is 5.82 Å². The number of aromatic amines is 1. The molecular weight excluding hydrogens is 371 g/mol. The number of anilines is 1. The van der Waals surface area contributed by atoms with Gasteiger partial charge in [-0.3, -0.25) is 9.89 Å². The van der Waals surface area contributed by atoms with Gasteiger partial charge in [0.1, 0.15) is 11.6 Å². The minimum Gasteiger partial charge on any atom is -0.493 e. The maximum atomic E-state index is 13.1. The number of para-hydroxylation sites is 1. The van der Waals surface area contributed by atoms with Crippen molar-refractivity contribution in [1.82, 2.24) is 15.5 Å². The van der Waals surface area contributed by atoms with Crippen LogP contribution in [-0.4, -0.2) is 41.8 Å². The van der Waals surface area contributed by atoms with E-state index in [2.05, 4.69) is 20.4 Å². The van der Waals surface area contributed by atoms with E-state index >= 15 is 0 Å². The molecule has 3 aromatic rings. The van der Waals surface area contributed by atoms with E-state index in [9.17, 15) is 9.18 Å². The van der Waals surface area contributed by atoms with Crippen molar-refractivity contribution in [2.45, 2.75) is 19.4 Å². The first-order valence-corrected chi connectivity index (χ1v) is 9.73. The lowest BCUT2D eigenvalue weighted by Gasteiger charge is -2.17. The Labute approximate surface area is 168 Å². The largest absolute Gasteiger partial charge is 0.493 e. The average Bonchev–Trinajstić information content (AvgIpc) is 3.39. The third kappa shape index (κ3) is 4.23. The summed E-state index contributed by atoms with van der Waals surface area (Å²) in [6.45, 7) is 3.88. The summed E-state index contributed by atoms with van der Waals surface area (Å²) in [6.07, 6.45) is 0.835. The summed E-state index contributed by atoms with van der Waals surface area (Å²) in [7, 11) is 0. The van der Waals surface area contributed by atoms with E-state index in [-0.39, 0.29) is 17.8 Å². The summed E-state index contributed by atoms with van der Waals surface area (Å²) < 4.78 is 18.7. The third-order valence-electron chi connectivity index (χ3n) is 5.00. The highest BCUT2D eigenvalue weighted by Crippen LogP contribution is 2.25. The van der Waals surface area contributed by atoms with Crippen molar-refractivity contribution in [1.29, 1.82) is 0 Å². The molecule has 0 saturated carbocycles. The Balaban J connectivity index is 1.40. The molecule has 2 aromatic carbocycles. The van der Waals surface area contributed by atoms with Gasteiger partial charge in [0.2, 0.25) is 0 Å². The van der Waals surface area contributed by atoms with E-state index in [1.54, 1.807) is 24.3 Å². The first kappa shape index (κ1) is 19.0. The molecule has 29 heavy (non-hydrogen) atoms. The molecule has 150 valence electrons. The third-order valence-corrected chi connectivity index (χ3v) is 5.00. The lowest BCUT2D eigenvalue weighted by Crippen LogP contribution is -2.37. The molecule has 2 N–H and O–H groups in total. The van der Waals surface area contributed by atoms with E-state index in [0.29, 0.717) is 24.5 Å². The van der Waals surface area contributed by atoms with Crippen molar-refractivity contribution in [3.63, 3.8) is 0 Å². The molecule has 6 nitrogen and oxygen atoms in total. The van der Waals surface area contributed by atoms with Gasteiger partial charge in [-0.1, -0.05) is 12.1 Å². The highest BCUT2D eigenvalue weighted by molar-refractivity contribution is 5.97. The van der Waals surface area contributed by atoms with Crippen LogP contribution in [0.2, 0.25) is 0 Å². The van der Waals surface area contributed by atoms with Crippen LogP contribution in [0.4, 0.5) is 10.2 Å². The van der Waals surface area contributed by atoms with Gasteiger partial charge in [-0.05, 0) is 55.3 Å². The van der Waals surface area contributed by atoms with Crippen molar-refractivity contribution >= 4 is 11.7 Å². The fourth-order valence-electron chi connectivity index (χ4n) is 3.54. The van der Waals surface area contributed by atoms with Crippen molar-refractivity contribution in [3.05, 3.63) is 66.0 Å². The summed E-state index contributed by atoms with van der Waals surface area (Å²) in [4.78, 5) is 14.8. The van der Waals surface area contributed by atoms with E-state index in [0.717, 1.165) is 30.0 Å². The highest BCUT2D eigenvalue weighted by Gasteiger charge is 2.26. The van der Waals surface area contributed by atoms with Crippen molar-refractivity contribution in [3.8, 4) is 17.0 Å². The zero-order valence-electron chi connectivity index (χ0n) is 16.2. The molecule has 1 fully saturated rings. The van der Waals surface area contributed by atoms with Crippen LogP contribution in [-0.2, 0) is 0 Å². The van der Waals surface area contributed by atoms with Crippen molar-refractivity contribution < 1.29 is 13.9 Å². The van der Waals surface area contributed by atoms with E-state index in [4.69, 9.17) is 4.74 Å². The fourth-order valence-corrected chi connectivity index (χ4v) is 3.54. The Bertz CT molecular complexity index is 986. The number of H-pyrrole nitrogens is 1. The summed E-state index contributed by atoms with van der Waals surface area (Å²) in [5.41, 5.74) is 2.26. The zero-order valence-corrected chi connectivity index (χ0v) is 16.2. The number of carbonyl (C=O) groups excluding carboxylic acids is 1. The predicted molar refractivity (Wildman–Crippen MR) is 110 cm³/mol. The Hall–Kier alpha value is -3.35. The van der Waals surface area contributed by atoms with Crippen LogP contribution in [0.1, 0.15) is 23.7 Å². The van der Waals surface area contributed by atoms with Crippen LogP contribution in [0.5, 0.6) is 5.75 Å². The molecule has 2 heterocycles. The number of amides is 1. The number of halogens is 1. The smallest absolute Gasteiger partial charge is 0.255 e. The molecular formula is C22H23FN4O2. The highest BCUT2D eigenvalue weighted by atomic mass is 19.1. The van der Waals surface area contributed by atoms with Gasteiger partial charge < -0.3 is 15.0 Å². The van der Waals surface area contributed by atoms with Gasteiger partial charge >= 0.3 is 0 Å². The second-order valence-corrected chi connectivity index (χ2v) is 6.98. The number of aromatic nitrogens is 2. The van der Waals surface area contributed by atoms with Gasteiger partial charge in [0, 0.05) is 25.2 Å². The number of nitrogens with one attached hydrogen (secondary N) is 2. The molecule has 1 unspecified atom stereocenters. The first-order valence-electron chi connectivity index (χ1n) is 9.73. The molecule has 0 bridgehead atoms. The number of rotatable bonds is 6. The maximum absolute atomic E-state index is 13.1. The quantitative estimate of drug-likeness (QED) is 0.670. The van der Waals surface area contributed by atoms with Gasteiger partial charge in [-0.2, -0.15) is 5.10 Å². The molecule has 1 atom stereocenters. The summed E-state index contributed by atoms with van der Waals surface area (Å²) in [6, 6.07) is 15.5. The van der Waals surface area contributed by atoms with Crippen LogP contribution in [0.3, 0.4) is 0 Å². The molecule has 1 amide bonds.